The summed E-state index contributed by atoms with van der Waals surface area (Å²) >= 11 is 0. The summed E-state index contributed by atoms with van der Waals surface area (Å²) in [7, 11) is 0. The molecule has 11 aromatic rings. The molecule has 0 aliphatic rings. The molecule has 0 unspecified atom stereocenters. The van der Waals surface area contributed by atoms with E-state index in [1.807, 2.05) is 42.5 Å². The Morgan fingerprint density at radius 3 is 1.51 bits per heavy atom. The highest BCUT2D eigenvalue weighted by molar-refractivity contribution is 6.13. The summed E-state index contributed by atoms with van der Waals surface area (Å²) < 4.78 is 6.94. The standard InChI is InChI=1S/C50H29N5/c1-51-33-25-28-48-42(30-33)40-18-6-10-24-47(40)55(48)50-36(19-12-20-43(50)52-2)32-13-11-14-34(29-32)54-46-23-9-5-17-39(46)41-27-26-35(31-49(41)54)53-44-21-7-3-15-37(44)38-16-4-8-22-45(38)53/h3-31H. The summed E-state index contributed by atoms with van der Waals surface area (Å²) in [6.45, 7) is 16.0. The molecule has 8 aromatic carbocycles. The fourth-order valence-corrected chi connectivity index (χ4v) is 8.75. The van der Waals surface area contributed by atoms with Crippen LogP contribution in [-0.4, -0.2) is 13.7 Å². The van der Waals surface area contributed by atoms with Gasteiger partial charge in [-0.3, -0.25) is 0 Å². The molecule has 0 spiro atoms. The van der Waals surface area contributed by atoms with E-state index in [1.54, 1.807) is 0 Å². The van der Waals surface area contributed by atoms with Crippen molar-refractivity contribution in [1.82, 2.24) is 13.7 Å². The van der Waals surface area contributed by atoms with Gasteiger partial charge in [0.15, 0.2) is 5.69 Å². The molecule has 3 heterocycles. The van der Waals surface area contributed by atoms with E-state index in [-0.39, 0.29) is 0 Å². The van der Waals surface area contributed by atoms with Crippen molar-refractivity contribution in [3.63, 3.8) is 0 Å². The topological polar surface area (TPSA) is 23.5 Å². The van der Waals surface area contributed by atoms with E-state index in [0.717, 1.165) is 61.0 Å². The lowest BCUT2D eigenvalue weighted by atomic mass is 10.0. The van der Waals surface area contributed by atoms with Crippen LogP contribution in [0, 0.1) is 13.1 Å². The Kier molecular flexibility index (Phi) is 6.61. The molecule has 0 saturated heterocycles. The zero-order valence-corrected chi connectivity index (χ0v) is 29.5. The van der Waals surface area contributed by atoms with E-state index in [9.17, 15) is 0 Å². The Labute approximate surface area is 316 Å². The SMILES string of the molecule is [C-]#[N+]c1ccc2c(c1)c1ccccc1n2-c1c([N+]#[C-])cccc1-c1cccc(-n2c3ccccc3c3ccc(-n4c5ccccc5c5ccccc54)cc32)c1. The lowest BCUT2D eigenvalue weighted by Crippen LogP contribution is -1.99. The maximum atomic E-state index is 8.31. The Morgan fingerprint density at radius 1 is 0.345 bits per heavy atom. The quantitative estimate of drug-likeness (QED) is 0.163. The highest BCUT2D eigenvalue weighted by atomic mass is 15.0. The van der Waals surface area contributed by atoms with Gasteiger partial charge in [0.1, 0.15) is 0 Å². The van der Waals surface area contributed by atoms with Gasteiger partial charge in [-0.05, 0) is 77.2 Å². The maximum Gasteiger partial charge on any atom is 0.211 e. The summed E-state index contributed by atoms with van der Waals surface area (Å²) in [6.07, 6.45) is 0. The lowest BCUT2D eigenvalue weighted by molar-refractivity contribution is 1.15. The molecule has 0 saturated carbocycles. The Balaban J connectivity index is 1.16. The average Bonchev–Trinajstić information content (AvgIpc) is 3.88. The molecule has 5 nitrogen and oxygen atoms in total. The Hall–Kier alpha value is -7.86. The van der Waals surface area contributed by atoms with Gasteiger partial charge in [0.25, 0.3) is 0 Å². The van der Waals surface area contributed by atoms with E-state index in [2.05, 4.69) is 157 Å². The minimum atomic E-state index is 0.562. The fraction of sp³-hybridized carbons (Fsp3) is 0. The molecule has 0 fully saturated rings. The summed E-state index contributed by atoms with van der Waals surface area (Å²) in [5.74, 6) is 0. The van der Waals surface area contributed by atoms with Crippen molar-refractivity contribution in [3.05, 3.63) is 199 Å². The second-order valence-electron chi connectivity index (χ2n) is 13.9. The van der Waals surface area contributed by atoms with Crippen molar-refractivity contribution in [2.24, 2.45) is 0 Å². The van der Waals surface area contributed by atoms with Crippen LogP contribution in [0.3, 0.4) is 0 Å². The monoisotopic (exact) mass is 699 g/mol. The van der Waals surface area contributed by atoms with Crippen LogP contribution in [0.2, 0.25) is 0 Å². The molecule has 0 aliphatic heterocycles. The third-order valence-corrected chi connectivity index (χ3v) is 11.1. The van der Waals surface area contributed by atoms with Crippen LogP contribution in [-0.2, 0) is 0 Å². The molecule has 0 amide bonds. The first kappa shape index (κ1) is 30.7. The van der Waals surface area contributed by atoms with Gasteiger partial charge < -0.3 is 13.7 Å². The van der Waals surface area contributed by atoms with Crippen LogP contribution >= 0.6 is 0 Å². The molecule has 11 rings (SSSR count). The largest absolute Gasteiger partial charge is 0.318 e. The minimum Gasteiger partial charge on any atom is -0.318 e. The first-order valence-corrected chi connectivity index (χ1v) is 18.3. The first-order chi connectivity index (χ1) is 27.2. The molecule has 0 radical (unpaired) electrons. The minimum absolute atomic E-state index is 0.562. The first-order valence-electron chi connectivity index (χ1n) is 18.3. The smallest absolute Gasteiger partial charge is 0.211 e. The summed E-state index contributed by atoms with van der Waals surface area (Å²) in [5, 5.41) is 6.89. The van der Waals surface area contributed by atoms with Gasteiger partial charge >= 0.3 is 0 Å². The van der Waals surface area contributed by atoms with E-state index >= 15 is 0 Å². The zero-order valence-electron chi connectivity index (χ0n) is 29.5. The second-order valence-corrected chi connectivity index (χ2v) is 13.9. The average molecular weight is 700 g/mol. The van der Waals surface area contributed by atoms with Gasteiger partial charge in [-0.2, -0.15) is 0 Å². The number of benzene rings is 8. The van der Waals surface area contributed by atoms with Crippen molar-refractivity contribution in [2.75, 3.05) is 0 Å². The van der Waals surface area contributed by atoms with Gasteiger partial charge in [0, 0.05) is 38.3 Å². The Bertz CT molecular complexity index is 3420. The molecular formula is C50H29N5. The predicted octanol–water partition coefficient (Wildman–Crippen LogP) is 13.7. The molecule has 0 N–H and O–H groups in total. The van der Waals surface area contributed by atoms with Gasteiger partial charge in [-0.25, -0.2) is 9.69 Å². The van der Waals surface area contributed by atoms with E-state index in [0.29, 0.717) is 11.4 Å². The van der Waals surface area contributed by atoms with Crippen LogP contribution in [0.4, 0.5) is 11.4 Å². The van der Waals surface area contributed by atoms with Crippen LogP contribution in [0.1, 0.15) is 0 Å². The molecule has 3 aromatic heterocycles. The summed E-state index contributed by atoms with van der Waals surface area (Å²) in [4.78, 5) is 7.79. The van der Waals surface area contributed by atoms with E-state index in [1.165, 1.54) is 32.6 Å². The molecular weight excluding hydrogens is 671 g/mol. The van der Waals surface area contributed by atoms with Crippen molar-refractivity contribution in [3.8, 4) is 28.2 Å². The number of aromatic nitrogens is 3. The number of fused-ring (bicyclic) bond motifs is 9. The molecule has 5 heteroatoms. The van der Waals surface area contributed by atoms with Crippen LogP contribution in [0.5, 0.6) is 0 Å². The van der Waals surface area contributed by atoms with Crippen LogP contribution in [0.25, 0.3) is 103 Å². The second kappa shape index (κ2) is 11.8. The van der Waals surface area contributed by atoms with Gasteiger partial charge in [0.05, 0.1) is 51.9 Å². The van der Waals surface area contributed by atoms with E-state index < -0.39 is 0 Å². The number of rotatable bonds is 4. The highest BCUT2D eigenvalue weighted by Gasteiger charge is 2.21. The van der Waals surface area contributed by atoms with Crippen LogP contribution in [0.15, 0.2) is 176 Å². The molecule has 254 valence electrons. The zero-order chi connectivity index (χ0) is 36.6. The third kappa shape index (κ3) is 4.45. The third-order valence-electron chi connectivity index (χ3n) is 11.1. The van der Waals surface area contributed by atoms with Crippen molar-refractivity contribution in [1.29, 1.82) is 0 Å². The van der Waals surface area contributed by atoms with Crippen molar-refractivity contribution in [2.45, 2.75) is 0 Å². The summed E-state index contributed by atoms with van der Waals surface area (Å²) in [5.41, 5.74) is 12.6. The predicted molar refractivity (Wildman–Crippen MR) is 227 cm³/mol. The normalized spacial score (nSPS) is 11.6. The number of nitrogens with zero attached hydrogens (tertiary/aromatic N) is 5. The maximum absolute atomic E-state index is 8.31. The van der Waals surface area contributed by atoms with Gasteiger partial charge in [-0.15, -0.1) is 0 Å². The number of hydrogen-bond donors (Lipinski definition) is 0. The number of hydrogen-bond acceptors (Lipinski definition) is 0. The molecule has 0 atom stereocenters. The fourth-order valence-electron chi connectivity index (χ4n) is 8.75. The molecule has 0 bridgehead atoms. The summed E-state index contributed by atoms with van der Waals surface area (Å²) in [6, 6.07) is 61.4. The van der Waals surface area contributed by atoms with E-state index in [4.69, 9.17) is 13.1 Å². The molecule has 0 aliphatic carbocycles. The van der Waals surface area contributed by atoms with Crippen LogP contribution < -0.4 is 0 Å². The van der Waals surface area contributed by atoms with Gasteiger partial charge in [-0.1, -0.05) is 115 Å². The Morgan fingerprint density at radius 2 is 0.873 bits per heavy atom. The van der Waals surface area contributed by atoms with Crippen molar-refractivity contribution >= 4 is 76.8 Å². The highest BCUT2D eigenvalue weighted by Crippen LogP contribution is 2.43. The number of para-hydroxylation sites is 5. The van der Waals surface area contributed by atoms with Gasteiger partial charge in [0.2, 0.25) is 5.69 Å². The van der Waals surface area contributed by atoms with Crippen molar-refractivity contribution < 1.29 is 0 Å². The molecule has 55 heavy (non-hydrogen) atoms. The lowest BCUT2D eigenvalue weighted by Gasteiger charge is -2.17.